The van der Waals surface area contributed by atoms with Gasteiger partial charge in [-0.2, -0.15) is 0 Å². The molecule has 0 atom stereocenters. The van der Waals surface area contributed by atoms with Crippen LogP contribution >= 0.6 is 11.6 Å². The molecule has 1 amide bonds. The van der Waals surface area contributed by atoms with Crippen LogP contribution < -0.4 is 5.32 Å². The van der Waals surface area contributed by atoms with E-state index in [4.69, 9.17) is 11.6 Å². The summed E-state index contributed by atoms with van der Waals surface area (Å²) in [5.41, 5.74) is -1.26. The number of nitro groups is 1. The van der Waals surface area contributed by atoms with Crippen molar-refractivity contribution in [3.8, 4) is 0 Å². The zero-order valence-corrected chi connectivity index (χ0v) is 11.0. The third-order valence-corrected chi connectivity index (χ3v) is 2.83. The van der Waals surface area contributed by atoms with E-state index in [2.05, 4.69) is 5.32 Å². The third kappa shape index (κ3) is 3.14. The smallest absolute Gasteiger partial charge is 0.282 e. The second-order valence-corrected chi connectivity index (χ2v) is 4.41. The molecule has 0 saturated carbocycles. The Balaban J connectivity index is 2.39. The summed E-state index contributed by atoms with van der Waals surface area (Å²) >= 11 is 5.69. The Morgan fingerprint density at radius 1 is 1.24 bits per heavy atom. The first-order valence-corrected chi connectivity index (χ1v) is 5.97. The summed E-state index contributed by atoms with van der Waals surface area (Å²) in [5, 5.41) is 13.0. The molecule has 0 aliphatic carbocycles. The van der Waals surface area contributed by atoms with E-state index in [9.17, 15) is 23.7 Å². The van der Waals surface area contributed by atoms with Crippen LogP contribution in [-0.4, -0.2) is 10.8 Å². The van der Waals surface area contributed by atoms with Gasteiger partial charge in [0.25, 0.3) is 11.6 Å². The van der Waals surface area contributed by atoms with Gasteiger partial charge < -0.3 is 5.32 Å². The van der Waals surface area contributed by atoms with Gasteiger partial charge in [0.05, 0.1) is 10.6 Å². The number of rotatable bonds is 3. The Kier molecular flexibility index (Phi) is 4.13. The first-order chi connectivity index (χ1) is 9.90. The Bertz CT molecular complexity index is 737. The van der Waals surface area contributed by atoms with E-state index in [1.54, 1.807) is 0 Å². The molecule has 0 spiro atoms. The second-order valence-electron chi connectivity index (χ2n) is 3.97. The van der Waals surface area contributed by atoms with Crippen molar-refractivity contribution in [1.29, 1.82) is 0 Å². The SMILES string of the molecule is O=C(Nc1cccc(F)c1F)c1cc(Cl)ccc1[N+](=O)[O-]. The van der Waals surface area contributed by atoms with Crippen molar-refractivity contribution in [2.75, 3.05) is 5.32 Å². The molecule has 2 aromatic carbocycles. The van der Waals surface area contributed by atoms with E-state index < -0.39 is 33.8 Å². The quantitative estimate of drug-likeness (QED) is 0.692. The summed E-state index contributed by atoms with van der Waals surface area (Å²) < 4.78 is 26.5. The van der Waals surface area contributed by atoms with Gasteiger partial charge in [-0.15, -0.1) is 0 Å². The van der Waals surface area contributed by atoms with Crippen molar-refractivity contribution in [2.24, 2.45) is 0 Å². The lowest BCUT2D eigenvalue weighted by molar-refractivity contribution is -0.385. The molecule has 5 nitrogen and oxygen atoms in total. The van der Waals surface area contributed by atoms with Crippen molar-refractivity contribution < 1.29 is 18.5 Å². The predicted molar refractivity (Wildman–Crippen MR) is 72.4 cm³/mol. The van der Waals surface area contributed by atoms with Crippen LogP contribution in [0.25, 0.3) is 0 Å². The fraction of sp³-hybridized carbons (Fsp3) is 0. The van der Waals surface area contributed by atoms with Gasteiger partial charge in [0.2, 0.25) is 0 Å². The predicted octanol–water partition coefficient (Wildman–Crippen LogP) is 3.78. The molecule has 0 saturated heterocycles. The summed E-state index contributed by atoms with van der Waals surface area (Å²) in [6, 6.07) is 6.59. The van der Waals surface area contributed by atoms with Crippen molar-refractivity contribution in [1.82, 2.24) is 0 Å². The number of amides is 1. The summed E-state index contributed by atoms with van der Waals surface area (Å²) in [6.07, 6.45) is 0. The molecule has 0 unspecified atom stereocenters. The molecule has 0 radical (unpaired) electrons. The number of nitro benzene ring substituents is 1. The number of carbonyl (C=O) groups excluding carboxylic acids is 1. The molecule has 2 rings (SSSR count). The van der Waals surface area contributed by atoms with Gasteiger partial charge in [-0.3, -0.25) is 14.9 Å². The Morgan fingerprint density at radius 3 is 2.62 bits per heavy atom. The van der Waals surface area contributed by atoms with Crippen molar-refractivity contribution in [3.05, 3.63) is 68.7 Å². The van der Waals surface area contributed by atoms with Crippen LogP contribution in [0.5, 0.6) is 0 Å². The Hall–Kier alpha value is -2.54. The normalized spacial score (nSPS) is 10.2. The van der Waals surface area contributed by atoms with Gasteiger partial charge in [-0.1, -0.05) is 17.7 Å². The average Bonchev–Trinajstić information content (AvgIpc) is 2.43. The van der Waals surface area contributed by atoms with Crippen LogP contribution in [0.15, 0.2) is 36.4 Å². The number of hydrogen-bond donors (Lipinski definition) is 1. The molecular formula is C13H7ClF2N2O3. The van der Waals surface area contributed by atoms with Gasteiger partial charge in [0, 0.05) is 11.1 Å². The first kappa shape index (κ1) is 14.9. The number of anilines is 1. The van der Waals surface area contributed by atoms with Crippen LogP contribution in [0, 0.1) is 21.7 Å². The summed E-state index contributed by atoms with van der Waals surface area (Å²) in [6.45, 7) is 0. The maximum atomic E-state index is 13.5. The molecule has 0 aliphatic heterocycles. The highest BCUT2D eigenvalue weighted by Crippen LogP contribution is 2.24. The monoisotopic (exact) mass is 312 g/mol. The van der Waals surface area contributed by atoms with Gasteiger partial charge >= 0.3 is 0 Å². The maximum Gasteiger partial charge on any atom is 0.282 e. The molecule has 8 heteroatoms. The number of nitrogens with one attached hydrogen (secondary N) is 1. The minimum absolute atomic E-state index is 0.102. The van der Waals surface area contributed by atoms with E-state index in [0.29, 0.717) is 0 Å². The zero-order valence-electron chi connectivity index (χ0n) is 10.3. The van der Waals surface area contributed by atoms with Gasteiger partial charge in [0.15, 0.2) is 11.6 Å². The number of benzene rings is 2. The number of hydrogen-bond acceptors (Lipinski definition) is 3. The Labute approximate surface area is 122 Å². The standard InChI is InChI=1S/C13H7ClF2N2O3/c14-7-4-5-11(18(20)21)8(6-7)13(19)17-10-3-1-2-9(15)12(10)16/h1-6H,(H,17,19). The van der Waals surface area contributed by atoms with E-state index in [1.807, 2.05) is 0 Å². The highest BCUT2D eigenvalue weighted by atomic mass is 35.5. The molecule has 21 heavy (non-hydrogen) atoms. The van der Waals surface area contributed by atoms with E-state index >= 15 is 0 Å². The number of carbonyl (C=O) groups is 1. The summed E-state index contributed by atoms with van der Waals surface area (Å²) in [5.74, 6) is -3.36. The average molecular weight is 313 g/mol. The van der Waals surface area contributed by atoms with Crippen LogP contribution in [-0.2, 0) is 0 Å². The fourth-order valence-electron chi connectivity index (χ4n) is 1.64. The summed E-state index contributed by atoms with van der Waals surface area (Å²) in [4.78, 5) is 22.1. The van der Waals surface area contributed by atoms with Crippen LogP contribution in [0.2, 0.25) is 5.02 Å². The summed E-state index contributed by atoms with van der Waals surface area (Å²) in [7, 11) is 0. The van der Waals surface area contributed by atoms with E-state index in [1.165, 1.54) is 12.1 Å². The molecular weight excluding hydrogens is 306 g/mol. The lowest BCUT2D eigenvalue weighted by atomic mass is 10.1. The molecule has 0 aliphatic rings. The van der Waals surface area contributed by atoms with E-state index in [0.717, 1.165) is 24.3 Å². The largest absolute Gasteiger partial charge is 0.319 e. The minimum Gasteiger partial charge on any atom is -0.319 e. The topological polar surface area (TPSA) is 72.2 Å². The number of nitrogens with zero attached hydrogens (tertiary/aromatic N) is 1. The Morgan fingerprint density at radius 2 is 1.95 bits per heavy atom. The molecule has 108 valence electrons. The van der Waals surface area contributed by atoms with Gasteiger partial charge in [-0.05, 0) is 24.3 Å². The molecule has 2 aromatic rings. The van der Waals surface area contributed by atoms with Crippen molar-refractivity contribution in [3.63, 3.8) is 0 Å². The van der Waals surface area contributed by atoms with Gasteiger partial charge in [0.1, 0.15) is 5.56 Å². The van der Waals surface area contributed by atoms with Gasteiger partial charge in [-0.25, -0.2) is 8.78 Å². The molecule has 0 bridgehead atoms. The highest BCUT2D eigenvalue weighted by molar-refractivity contribution is 6.31. The molecule has 1 N–H and O–H groups in total. The van der Waals surface area contributed by atoms with Crippen LogP contribution in [0.3, 0.4) is 0 Å². The molecule has 0 aromatic heterocycles. The fourth-order valence-corrected chi connectivity index (χ4v) is 1.81. The second kappa shape index (κ2) is 5.84. The van der Waals surface area contributed by atoms with Crippen LogP contribution in [0.4, 0.5) is 20.2 Å². The molecule has 0 fully saturated rings. The van der Waals surface area contributed by atoms with E-state index in [-0.39, 0.29) is 10.6 Å². The number of halogens is 3. The maximum absolute atomic E-state index is 13.5. The lowest BCUT2D eigenvalue weighted by Gasteiger charge is -2.07. The van der Waals surface area contributed by atoms with Crippen molar-refractivity contribution >= 4 is 28.9 Å². The third-order valence-electron chi connectivity index (χ3n) is 2.60. The molecule has 0 heterocycles. The lowest BCUT2D eigenvalue weighted by Crippen LogP contribution is -2.15. The van der Waals surface area contributed by atoms with Crippen molar-refractivity contribution in [2.45, 2.75) is 0 Å². The minimum atomic E-state index is -1.25. The highest BCUT2D eigenvalue weighted by Gasteiger charge is 2.21. The first-order valence-electron chi connectivity index (χ1n) is 5.59. The van der Waals surface area contributed by atoms with Crippen LogP contribution in [0.1, 0.15) is 10.4 Å². The zero-order chi connectivity index (χ0) is 15.6.